The number of likely N-dealkylation sites (N-methyl/N-ethyl adjacent to an activating group) is 1. The van der Waals surface area contributed by atoms with Crippen LogP contribution in [0.3, 0.4) is 0 Å². The molecule has 0 bridgehead atoms. The van der Waals surface area contributed by atoms with Crippen molar-refractivity contribution in [2.75, 3.05) is 46.0 Å². The van der Waals surface area contributed by atoms with Gasteiger partial charge in [-0.05, 0) is 42.4 Å². The van der Waals surface area contributed by atoms with Crippen LogP contribution in [0.25, 0.3) is 11.1 Å². The maximum Gasteiger partial charge on any atom is 0.234 e. The first-order valence-corrected chi connectivity index (χ1v) is 12.4. The Kier molecular flexibility index (Phi) is 7.98. The molecule has 1 aromatic heterocycles. The molecule has 1 aliphatic heterocycles. The van der Waals surface area contributed by atoms with Crippen molar-refractivity contribution in [3.63, 3.8) is 0 Å². The van der Waals surface area contributed by atoms with Gasteiger partial charge in [-0.2, -0.15) is 5.26 Å². The third kappa shape index (κ3) is 5.25. The molecule has 0 spiro atoms. The second kappa shape index (κ2) is 11.3. The summed E-state index contributed by atoms with van der Waals surface area (Å²) in [6, 6.07) is 15.3. The zero-order valence-electron chi connectivity index (χ0n) is 20.8. The average Bonchev–Trinajstić information content (AvgIpc) is 2.90. The van der Waals surface area contributed by atoms with E-state index in [0.717, 1.165) is 41.0 Å². The van der Waals surface area contributed by atoms with Gasteiger partial charge in [-0.1, -0.05) is 30.0 Å². The lowest BCUT2D eigenvalue weighted by Gasteiger charge is -2.28. The van der Waals surface area contributed by atoms with Gasteiger partial charge in [0.1, 0.15) is 11.1 Å². The normalized spacial score (nSPS) is 12.9. The van der Waals surface area contributed by atoms with E-state index in [2.05, 4.69) is 16.3 Å². The number of carbonyl (C=O) groups is 1. The van der Waals surface area contributed by atoms with Gasteiger partial charge >= 0.3 is 0 Å². The van der Waals surface area contributed by atoms with Crippen molar-refractivity contribution in [3.05, 3.63) is 59.3 Å². The van der Waals surface area contributed by atoms with Crippen LogP contribution in [-0.4, -0.2) is 56.5 Å². The molecule has 36 heavy (non-hydrogen) atoms. The molecule has 0 aliphatic carbocycles. The largest absolute Gasteiger partial charge is 0.493 e. The minimum absolute atomic E-state index is 0.129. The molecule has 2 heterocycles. The van der Waals surface area contributed by atoms with E-state index in [0.29, 0.717) is 34.4 Å². The third-order valence-electron chi connectivity index (χ3n) is 5.97. The van der Waals surface area contributed by atoms with Gasteiger partial charge in [0.25, 0.3) is 0 Å². The molecule has 0 fully saturated rings. The molecule has 1 N–H and O–H groups in total. The summed E-state index contributed by atoms with van der Waals surface area (Å²) in [5.74, 6) is 1.45. The highest BCUT2D eigenvalue weighted by molar-refractivity contribution is 8.00. The Morgan fingerprint density at radius 1 is 1.14 bits per heavy atom. The van der Waals surface area contributed by atoms with Crippen molar-refractivity contribution >= 4 is 23.4 Å². The Balaban J connectivity index is 1.78. The number of nitrogens with zero attached hydrogens (tertiary/aromatic N) is 3. The number of pyridine rings is 1. The molecule has 1 aliphatic rings. The topological polar surface area (TPSA) is 96.7 Å². The molecule has 4 rings (SSSR count). The van der Waals surface area contributed by atoms with E-state index < -0.39 is 0 Å². The Morgan fingerprint density at radius 2 is 1.83 bits per heavy atom. The Bertz CT molecular complexity index is 1280. The standard InChI is InChI=1S/C27H28N4O4S/c1-31-11-10-21-20(15-31)25(17-12-22(33-2)26(35-4)23(13-17)34-3)19(14-28)27(30-21)36-16-24(32)29-18-8-6-5-7-9-18/h5-9,12-13H,10-11,15-16H2,1-4H3,(H,29,32). The van der Waals surface area contributed by atoms with Crippen LogP contribution in [0.2, 0.25) is 0 Å². The first-order chi connectivity index (χ1) is 17.5. The van der Waals surface area contributed by atoms with Gasteiger partial charge in [0.05, 0.1) is 32.6 Å². The van der Waals surface area contributed by atoms with Gasteiger partial charge in [-0.15, -0.1) is 0 Å². The number of rotatable bonds is 8. The van der Waals surface area contributed by atoms with E-state index in [1.54, 1.807) is 21.3 Å². The Hall–Kier alpha value is -3.74. The smallest absolute Gasteiger partial charge is 0.234 e. The van der Waals surface area contributed by atoms with Crippen LogP contribution in [0.5, 0.6) is 17.2 Å². The second-order valence-electron chi connectivity index (χ2n) is 8.31. The van der Waals surface area contributed by atoms with Gasteiger partial charge in [0.2, 0.25) is 11.7 Å². The summed E-state index contributed by atoms with van der Waals surface area (Å²) in [6.07, 6.45) is 0.749. The number of aromatic nitrogens is 1. The maximum absolute atomic E-state index is 12.6. The summed E-state index contributed by atoms with van der Waals surface area (Å²) < 4.78 is 16.6. The number of carbonyl (C=O) groups excluding carboxylic acids is 1. The predicted octanol–water partition coefficient (Wildman–Crippen LogP) is 4.36. The minimum Gasteiger partial charge on any atom is -0.493 e. The number of methoxy groups -OCH3 is 3. The van der Waals surface area contributed by atoms with Gasteiger partial charge < -0.3 is 24.4 Å². The van der Waals surface area contributed by atoms with Crippen LogP contribution in [0.1, 0.15) is 16.8 Å². The Labute approximate surface area is 215 Å². The van der Waals surface area contributed by atoms with Crippen molar-refractivity contribution in [1.29, 1.82) is 5.26 Å². The molecule has 0 atom stereocenters. The highest BCUT2D eigenvalue weighted by atomic mass is 32.2. The van der Waals surface area contributed by atoms with Crippen LogP contribution >= 0.6 is 11.8 Å². The van der Waals surface area contributed by atoms with E-state index in [1.807, 2.05) is 49.5 Å². The molecular formula is C27H28N4O4S. The SMILES string of the molecule is COc1cc(-c2c(C#N)c(SCC(=O)Nc3ccccc3)nc3c2CN(C)CC3)cc(OC)c1OC. The van der Waals surface area contributed by atoms with E-state index in [1.165, 1.54) is 11.8 Å². The molecule has 8 nitrogen and oxygen atoms in total. The molecule has 0 unspecified atom stereocenters. The lowest BCUT2D eigenvalue weighted by molar-refractivity contribution is -0.113. The number of amides is 1. The third-order valence-corrected chi connectivity index (χ3v) is 6.95. The van der Waals surface area contributed by atoms with E-state index in [4.69, 9.17) is 19.2 Å². The molecule has 1 amide bonds. The van der Waals surface area contributed by atoms with E-state index in [-0.39, 0.29) is 11.7 Å². The molecule has 186 valence electrons. The predicted molar refractivity (Wildman–Crippen MR) is 140 cm³/mol. The van der Waals surface area contributed by atoms with Gasteiger partial charge in [-0.25, -0.2) is 4.98 Å². The zero-order valence-corrected chi connectivity index (χ0v) is 21.6. The summed E-state index contributed by atoms with van der Waals surface area (Å²) in [6.45, 7) is 1.52. The summed E-state index contributed by atoms with van der Waals surface area (Å²) in [4.78, 5) is 19.7. The lowest BCUT2D eigenvalue weighted by Crippen LogP contribution is -2.28. The summed E-state index contributed by atoms with van der Waals surface area (Å²) >= 11 is 1.26. The molecule has 0 saturated carbocycles. The molecular weight excluding hydrogens is 476 g/mol. The van der Waals surface area contributed by atoms with Crippen molar-refractivity contribution in [3.8, 4) is 34.4 Å². The number of ether oxygens (including phenoxy) is 3. The highest BCUT2D eigenvalue weighted by Crippen LogP contribution is 2.44. The first-order valence-electron chi connectivity index (χ1n) is 11.4. The monoisotopic (exact) mass is 504 g/mol. The fourth-order valence-electron chi connectivity index (χ4n) is 4.28. The first kappa shape index (κ1) is 25.4. The number of thioether (sulfide) groups is 1. The second-order valence-corrected chi connectivity index (χ2v) is 9.27. The number of hydrogen-bond donors (Lipinski definition) is 1. The highest BCUT2D eigenvalue weighted by Gasteiger charge is 2.27. The van der Waals surface area contributed by atoms with E-state index >= 15 is 0 Å². The average molecular weight is 505 g/mol. The number of fused-ring (bicyclic) bond motifs is 1. The molecule has 0 saturated heterocycles. The zero-order chi connectivity index (χ0) is 25.7. The number of anilines is 1. The van der Waals surface area contributed by atoms with Gasteiger partial charge in [0, 0.05) is 36.5 Å². The summed E-state index contributed by atoms with van der Waals surface area (Å²) in [7, 11) is 6.73. The quantitative estimate of drug-likeness (QED) is 0.452. The number of nitrogens with one attached hydrogen (secondary N) is 1. The van der Waals surface area contributed by atoms with Crippen LogP contribution in [0, 0.1) is 11.3 Å². The summed E-state index contributed by atoms with van der Waals surface area (Å²) in [5.41, 5.74) is 4.62. The number of para-hydroxylation sites is 1. The van der Waals surface area contributed by atoms with Gasteiger partial charge in [-0.3, -0.25) is 4.79 Å². The van der Waals surface area contributed by atoms with Gasteiger partial charge in [0.15, 0.2) is 11.5 Å². The van der Waals surface area contributed by atoms with Crippen molar-refractivity contribution in [2.45, 2.75) is 18.0 Å². The number of nitriles is 1. The molecule has 9 heteroatoms. The number of hydrogen-bond acceptors (Lipinski definition) is 8. The summed E-state index contributed by atoms with van der Waals surface area (Å²) in [5, 5.41) is 13.7. The molecule has 3 aromatic rings. The molecule has 0 radical (unpaired) electrons. The van der Waals surface area contributed by atoms with Crippen molar-refractivity contribution in [2.24, 2.45) is 0 Å². The number of benzene rings is 2. The minimum atomic E-state index is -0.163. The fourth-order valence-corrected chi connectivity index (χ4v) is 5.08. The van der Waals surface area contributed by atoms with Crippen LogP contribution in [0.4, 0.5) is 5.69 Å². The Morgan fingerprint density at radius 3 is 2.44 bits per heavy atom. The van der Waals surface area contributed by atoms with Crippen molar-refractivity contribution < 1.29 is 19.0 Å². The maximum atomic E-state index is 12.6. The van der Waals surface area contributed by atoms with Crippen LogP contribution < -0.4 is 19.5 Å². The van der Waals surface area contributed by atoms with E-state index in [9.17, 15) is 10.1 Å². The van der Waals surface area contributed by atoms with Crippen LogP contribution in [0.15, 0.2) is 47.5 Å². The molecule has 2 aromatic carbocycles. The van der Waals surface area contributed by atoms with Crippen LogP contribution in [-0.2, 0) is 17.8 Å². The fraction of sp³-hybridized carbons (Fsp3) is 0.296. The lowest BCUT2D eigenvalue weighted by atomic mass is 9.91. The van der Waals surface area contributed by atoms with Crippen molar-refractivity contribution in [1.82, 2.24) is 9.88 Å².